The molecule has 2 aromatic carbocycles. The summed E-state index contributed by atoms with van der Waals surface area (Å²) in [5, 5.41) is 0. The van der Waals surface area contributed by atoms with Gasteiger partial charge in [-0.2, -0.15) is 110 Å². The molecule has 3 rings (SSSR count). The van der Waals surface area contributed by atoms with Crippen molar-refractivity contribution in [2.45, 2.75) is 151 Å². The summed E-state index contributed by atoms with van der Waals surface area (Å²) in [6.45, 7) is 4.47. The highest BCUT2D eigenvalue weighted by Gasteiger charge is 2.91. The van der Waals surface area contributed by atoms with Crippen molar-refractivity contribution < 1.29 is 110 Å². The number of alkyl halides is 25. The summed E-state index contributed by atoms with van der Waals surface area (Å²) < 4.78 is 355. The molecule has 1 heterocycles. The van der Waals surface area contributed by atoms with Crippen LogP contribution < -0.4 is 9.80 Å². The lowest BCUT2D eigenvalue weighted by molar-refractivity contribution is -0.440. The predicted octanol–water partition coefficient (Wildman–Crippen LogP) is 14.4. The molecule has 0 N–H and O–H groups in total. The van der Waals surface area contributed by atoms with E-state index in [9.17, 15) is 92.2 Å². The molecule has 2 atom stereocenters. The molecule has 1 saturated heterocycles. The van der Waals surface area contributed by atoms with Gasteiger partial charge < -0.3 is 9.80 Å². The van der Waals surface area contributed by atoms with Crippen molar-refractivity contribution in [1.29, 1.82) is 0 Å². The molecule has 0 spiro atoms. The normalized spacial score (nSPS) is 18.7. The Morgan fingerprint density at radius 2 is 0.719 bits per heavy atom. The largest absolute Gasteiger partial charge is 0.460 e. The second-order valence-electron chi connectivity index (χ2n) is 15.7. The smallest absolute Gasteiger partial charge is 0.348 e. The van der Waals surface area contributed by atoms with Crippen LogP contribution in [0.25, 0.3) is 0 Å². The van der Waals surface area contributed by atoms with E-state index in [0.29, 0.717) is 5.56 Å². The minimum Gasteiger partial charge on any atom is -0.348 e. The number of aryl methyl sites for hydroxylation is 5. The summed E-state index contributed by atoms with van der Waals surface area (Å²) >= 11 is 0. The maximum Gasteiger partial charge on any atom is 0.460 e. The standard InChI is InChI=1S/C37H35F25N2/c1-17-14-20(4)25(21(5)15-17)64-16-63(24-18(2)8-7-9-19(24)3)22(10-12-27(40,41)30(46,47)33(52,53)32(50,51)29(44,45)26(6,38)39)23(64)11-13-28(42,43)31(48,49)34(54,55)35(56,57)36(58,59)37(60,61)62/h7-9,14-15,22-23H,10-13,16H2,1-6H3/t22-,23-/m1/s1. The van der Waals surface area contributed by atoms with E-state index in [0.717, 1.165) is 9.80 Å². The van der Waals surface area contributed by atoms with Crippen molar-refractivity contribution in [2.75, 3.05) is 16.5 Å². The van der Waals surface area contributed by atoms with Crippen LogP contribution in [0.3, 0.4) is 0 Å². The number of benzene rings is 2. The third-order valence-electron chi connectivity index (χ3n) is 10.9. The van der Waals surface area contributed by atoms with Crippen molar-refractivity contribution >= 4 is 11.4 Å². The topological polar surface area (TPSA) is 6.48 Å². The molecule has 1 fully saturated rings. The quantitative estimate of drug-likeness (QED) is 0.146. The zero-order chi connectivity index (χ0) is 50.4. The van der Waals surface area contributed by atoms with Crippen LogP contribution in [0.15, 0.2) is 30.3 Å². The van der Waals surface area contributed by atoms with Crippen LogP contribution in [0.1, 0.15) is 60.4 Å². The van der Waals surface area contributed by atoms with E-state index < -0.39 is 123 Å². The number of rotatable bonds is 17. The molecule has 64 heavy (non-hydrogen) atoms. The zero-order valence-corrected chi connectivity index (χ0v) is 33.4. The summed E-state index contributed by atoms with van der Waals surface area (Å²) in [7, 11) is 0. The number of nitrogens with zero attached hydrogens (tertiary/aromatic N) is 2. The van der Waals surface area contributed by atoms with Gasteiger partial charge in [-0.05, 0) is 69.7 Å². The fourth-order valence-corrected chi connectivity index (χ4v) is 7.52. The van der Waals surface area contributed by atoms with Gasteiger partial charge in [-0.3, -0.25) is 0 Å². The van der Waals surface area contributed by atoms with E-state index in [1.807, 2.05) is 0 Å². The zero-order valence-electron chi connectivity index (χ0n) is 33.4. The van der Waals surface area contributed by atoms with Gasteiger partial charge in [0.15, 0.2) is 0 Å². The molecule has 0 radical (unpaired) electrons. The van der Waals surface area contributed by atoms with Gasteiger partial charge in [0.05, 0.1) is 18.8 Å². The third kappa shape index (κ3) is 8.25. The van der Waals surface area contributed by atoms with E-state index in [-0.39, 0.29) is 33.6 Å². The van der Waals surface area contributed by atoms with Gasteiger partial charge >= 0.3 is 71.3 Å². The Bertz CT molecular complexity index is 1960. The predicted molar refractivity (Wildman–Crippen MR) is 179 cm³/mol. The first kappa shape index (κ1) is 54.6. The van der Waals surface area contributed by atoms with E-state index in [1.54, 1.807) is 0 Å². The molecule has 2 nitrogen and oxygen atoms in total. The van der Waals surface area contributed by atoms with Gasteiger partial charge in [-0.25, -0.2) is 0 Å². The molecule has 0 aromatic heterocycles. The van der Waals surface area contributed by atoms with Crippen LogP contribution in [0.4, 0.5) is 121 Å². The number of hydrogen-bond donors (Lipinski definition) is 0. The number of para-hydroxylation sites is 1. The molecule has 0 aliphatic carbocycles. The first-order valence-electron chi connectivity index (χ1n) is 18.1. The summed E-state index contributed by atoms with van der Waals surface area (Å²) in [5.74, 6) is -83.4. The average molecular weight is 983 g/mol. The Kier molecular flexibility index (Phi) is 13.9. The van der Waals surface area contributed by atoms with E-state index >= 15 is 17.6 Å². The van der Waals surface area contributed by atoms with Crippen molar-refractivity contribution in [3.63, 3.8) is 0 Å². The van der Waals surface area contributed by atoms with Crippen LogP contribution in [0.2, 0.25) is 0 Å². The minimum absolute atomic E-state index is 0.0678. The first-order chi connectivity index (χ1) is 28.2. The summed E-state index contributed by atoms with van der Waals surface area (Å²) in [6, 6.07) is 1.81. The Hall–Kier alpha value is -3.71. The fraction of sp³-hybridized carbons (Fsp3) is 0.676. The average Bonchev–Trinajstić information content (AvgIpc) is 3.44. The van der Waals surface area contributed by atoms with Gasteiger partial charge in [-0.15, -0.1) is 0 Å². The van der Waals surface area contributed by atoms with Crippen molar-refractivity contribution in [3.05, 3.63) is 58.1 Å². The van der Waals surface area contributed by atoms with Gasteiger partial charge in [0.25, 0.3) is 0 Å². The molecule has 27 heteroatoms. The molecule has 1 aliphatic rings. The van der Waals surface area contributed by atoms with Gasteiger partial charge in [0, 0.05) is 31.1 Å². The molecule has 368 valence electrons. The Balaban J connectivity index is 2.30. The lowest BCUT2D eigenvalue weighted by Crippen LogP contribution is -2.70. The molecular weight excluding hydrogens is 947 g/mol. The molecular formula is C37H35F25N2. The summed E-state index contributed by atoms with van der Waals surface area (Å²) in [4.78, 5) is 1.64. The highest BCUT2D eigenvalue weighted by molar-refractivity contribution is 5.67. The second kappa shape index (κ2) is 16.3. The SMILES string of the molecule is Cc1cc(C)c(N2CN(c3c(C)cccc3C)[C@H](CCC(F)(F)C(F)(F)C(F)(F)C(F)(F)C(F)(F)C(C)(F)F)[C@H]2CCC(F)(F)C(F)(F)C(F)(F)C(F)(F)C(F)(F)C(F)(F)F)c(C)c1. The van der Waals surface area contributed by atoms with Gasteiger partial charge in [0.2, 0.25) is 0 Å². The second-order valence-corrected chi connectivity index (χ2v) is 15.7. The van der Waals surface area contributed by atoms with Crippen LogP contribution in [-0.2, 0) is 0 Å². The first-order valence-corrected chi connectivity index (χ1v) is 18.1. The van der Waals surface area contributed by atoms with Crippen LogP contribution in [-0.4, -0.2) is 90.1 Å². The Morgan fingerprint density at radius 3 is 1.03 bits per heavy atom. The molecule has 1 aliphatic heterocycles. The van der Waals surface area contributed by atoms with Gasteiger partial charge in [-0.1, -0.05) is 35.9 Å². The Labute approximate surface area is 346 Å². The molecule has 0 bridgehead atoms. The van der Waals surface area contributed by atoms with E-state index in [4.69, 9.17) is 0 Å². The number of anilines is 2. The van der Waals surface area contributed by atoms with E-state index in [1.165, 1.54) is 65.0 Å². The van der Waals surface area contributed by atoms with Crippen LogP contribution >= 0.6 is 0 Å². The highest BCUT2D eigenvalue weighted by atomic mass is 19.4. The number of hydrogen-bond acceptors (Lipinski definition) is 2. The van der Waals surface area contributed by atoms with Crippen molar-refractivity contribution in [3.8, 4) is 0 Å². The molecule has 0 unspecified atom stereocenters. The maximum atomic E-state index is 15.4. The summed E-state index contributed by atoms with van der Waals surface area (Å²) in [6.07, 6.45) is -17.5. The van der Waals surface area contributed by atoms with E-state index in [2.05, 4.69) is 0 Å². The molecule has 2 aromatic rings. The lowest BCUT2D eigenvalue weighted by Gasteiger charge is -2.41. The minimum atomic E-state index is -8.31. The van der Waals surface area contributed by atoms with Gasteiger partial charge in [0.1, 0.15) is 0 Å². The fourth-order valence-electron chi connectivity index (χ4n) is 7.52. The monoisotopic (exact) mass is 982 g/mol. The third-order valence-corrected chi connectivity index (χ3v) is 10.9. The molecule has 0 saturated carbocycles. The molecule has 0 amide bonds. The van der Waals surface area contributed by atoms with Crippen LogP contribution in [0.5, 0.6) is 0 Å². The van der Waals surface area contributed by atoms with Crippen molar-refractivity contribution in [2.24, 2.45) is 0 Å². The lowest BCUT2D eigenvalue weighted by atomic mass is 9.87. The van der Waals surface area contributed by atoms with Crippen LogP contribution in [0, 0.1) is 34.6 Å². The maximum absolute atomic E-state index is 15.4. The van der Waals surface area contributed by atoms with Crippen molar-refractivity contribution in [1.82, 2.24) is 0 Å². The number of halogens is 25. The highest BCUT2D eigenvalue weighted by Crippen LogP contribution is 2.63. The summed E-state index contributed by atoms with van der Waals surface area (Å²) in [5.41, 5.74) is 0.350. The Morgan fingerprint density at radius 1 is 0.422 bits per heavy atom.